The lowest BCUT2D eigenvalue weighted by Crippen LogP contribution is -2.40. The molecule has 6 heteroatoms. The first-order valence-corrected chi connectivity index (χ1v) is 7.02. The predicted molar refractivity (Wildman–Crippen MR) is 77.3 cm³/mol. The van der Waals surface area contributed by atoms with Crippen LogP contribution in [0, 0.1) is 0 Å². The molecule has 1 aromatic rings. The molecule has 1 fully saturated rings. The molecule has 21 heavy (non-hydrogen) atoms. The van der Waals surface area contributed by atoms with Gasteiger partial charge in [-0.1, -0.05) is 12.1 Å². The Hall–Kier alpha value is -2.24. The number of likely N-dealkylation sites (tertiary alicyclic amines) is 1. The van der Waals surface area contributed by atoms with Crippen molar-refractivity contribution in [3.63, 3.8) is 0 Å². The van der Waals surface area contributed by atoms with Gasteiger partial charge in [-0.2, -0.15) is 0 Å². The van der Waals surface area contributed by atoms with Gasteiger partial charge in [0, 0.05) is 13.1 Å². The Bertz CT molecular complexity index is 518. The molecular weight excluding hydrogens is 272 g/mol. The molecule has 1 saturated heterocycles. The topological polar surface area (TPSA) is 78.9 Å². The summed E-state index contributed by atoms with van der Waals surface area (Å²) in [5.41, 5.74) is 1.04. The number of rotatable bonds is 5. The molecule has 0 saturated carbocycles. The smallest absolute Gasteiger partial charge is 0.317 e. The quantitative estimate of drug-likeness (QED) is 0.870. The number of hydrogen-bond donors (Lipinski definition) is 2. The fraction of sp³-hybridized carbons (Fsp3) is 0.467. The maximum atomic E-state index is 12.2. The lowest BCUT2D eigenvalue weighted by atomic mass is 10.0. The third-order valence-corrected chi connectivity index (χ3v) is 3.61. The van der Waals surface area contributed by atoms with Gasteiger partial charge < -0.3 is 20.1 Å². The van der Waals surface area contributed by atoms with Gasteiger partial charge in [-0.15, -0.1) is 0 Å². The molecule has 2 N–H and O–H groups in total. The standard InChI is InChI=1S/C15H20N2O4/c1-21-12-5-2-4-11(10-12)13-6-3-9-17(13)15(20)16-8-7-14(18)19/h2,4-5,10,13H,3,6-9H2,1H3,(H,16,20)(H,18,19). The summed E-state index contributed by atoms with van der Waals surface area (Å²) in [6.45, 7) is 0.830. The number of benzene rings is 1. The number of amides is 2. The van der Waals surface area contributed by atoms with Crippen LogP contribution in [0.25, 0.3) is 0 Å². The number of nitrogens with zero attached hydrogens (tertiary/aromatic N) is 1. The van der Waals surface area contributed by atoms with Crippen molar-refractivity contribution < 1.29 is 19.4 Å². The maximum absolute atomic E-state index is 12.2. The summed E-state index contributed by atoms with van der Waals surface area (Å²) >= 11 is 0. The van der Waals surface area contributed by atoms with Gasteiger partial charge >= 0.3 is 12.0 Å². The highest BCUT2D eigenvalue weighted by molar-refractivity contribution is 5.76. The molecule has 0 radical (unpaired) electrons. The number of methoxy groups -OCH3 is 1. The van der Waals surface area contributed by atoms with Crippen molar-refractivity contribution in [1.29, 1.82) is 0 Å². The molecule has 0 aromatic heterocycles. The van der Waals surface area contributed by atoms with Crippen LogP contribution < -0.4 is 10.1 Å². The summed E-state index contributed by atoms with van der Waals surface area (Å²) in [6.07, 6.45) is 1.77. The van der Waals surface area contributed by atoms with E-state index in [2.05, 4.69) is 5.32 Å². The third kappa shape index (κ3) is 3.87. The molecule has 1 aliphatic rings. The highest BCUT2D eigenvalue weighted by atomic mass is 16.5. The average Bonchev–Trinajstić information content (AvgIpc) is 2.96. The summed E-state index contributed by atoms with van der Waals surface area (Å²) in [7, 11) is 1.62. The van der Waals surface area contributed by atoms with E-state index in [4.69, 9.17) is 9.84 Å². The van der Waals surface area contributed by atoms with Crippen LogP contribution in [-0.2, 0) is 4.79 Å². The van der Waals surface area contributed by atoms with Crippen molar-refractivity contribution in [1.82, 2.24) is 10.2 Å². The second-order valence-electron chi connectivity index (χ2n) is 5.00. The maximum Gasteiger partial charge on any atom is 0.317 e. The number of carbonyl (C=O) groups is 2. The van der Waals surface area contributed by atoms with Gasteiger partial charge in [0.1, 0.15) is 5.75 Å². The minimum absolute atomic E-state index is 0.0185. The van der Waals surface area contributed by atoms with E-state index >= 15 is 0 Å². The zero-order valence-corrected chi connectivity index (χ0v) is 12.0. The number of aliphatic carboxylic acids is 1. The summed E-state index contributed by atoms with van der Waals surface area (Å²) in [5.74, 6) is -0.147. The fourth-order valence-electron chi connectivity index (χ4n) is 2.58. The molecule has 1 atom stereocenters. The number of ether oxygens (including phenoxy) is 1. The van der Waals surface area contributed by atoms with E-state index in [1.807, 2.05) is 24.3 Å². The molecule has 2 rings (SSSR count). The molecule has 0 aliphatic carbocycles. The van der Waals surface area contributed by atoms with Gasteiger partial charge in [0.2, 0.25) is 0 Å². The van der Waals surface area contributed by atoms with E-state index < -0.39 is 5.97 Å². The molecule has 6 nitrogen and oxygen atoms in total. The average molecular weight is 292 g/mol. The Morgan fingerprint density at radius 2 is 2.29 bits per heavy atom. The van der Waals surface area contributed by atoms with Crippen LogP contribution in [-0.4, -0.2) is 42.2 Å². The summed E-state index contributed by atoms with van der Waals surface area (Å²) < 4.78 is 5.22. The van der Waals surface area contributed by atoms with Gasteiger partial charge in [-0.05, 0) is 30.5 Å². The molecule has 1 heterocycles. The highest BCUT2D eigenvalue weighted by Gasteiger charge is 2.29. The summed E-state index contributed by atoms with van der Waals surface area (Å²) in [4.78, 5) is 24.4. The Morgan fingerprint density at radius 1 is 1.48 bits per heavy atom. The normalized spacial score (nSPS) is 17.6. The molecule has 1 unspecified atom stereocenters. The molecular formula is C15H20N2O4. The molecule has 114 valence electrons. The first kappa shape index (κ1) is 15.2. The van der Waals surface area contributed by atoms with Gasteiger partial charge in [0.15, 0.2) is 0 Å². The van der Waals surface area contributed by atoms with E-state index in [1.165, 1.54) is 0 Å². The van der Waals surface area contributed by atoms with Crippen molar-refractivity contribution in [2.75, 3.05) is 20.2 Å². The number of carboxylic acid groups (broad SMARTS) is 1. The van der Waals surface area contributed by atoms with Crippen LogP contribution in [0.15, 0.2) is 24.3 Å². The van der Waals surface area contributed by atoms with Crippen LogP contribution in [0.2, 0.25) is 0 Å². The zero-order valence-electron chi connectivity index (χ0n) is 12.0. The SMILES string of the molecule is COc1cccc(C2CCCN2C(=O)NCCC(=O)O)c1. The number of carbonyl (C=O) groups excluding carboxylic acids is 1. The van der Waals surface area contributed by atoms with Crippen molar-refractivity contribution in [3.05, 3.63) is 29.8 Å². The Kier molecular flexibility index (Phi) is 5.03. The summed E-state index contributed by atoms with van der Waals surface area (Å²) in [5, 5.41) is 11.3. The van der Waals surface area contributed by atoms with Gasteiger partial charge in [-0.3, -0.25) is 4.79 Å². The molecule has 0 spiro atoms. The highest BCUT2D eigenvalue weighted by Crippen LogP contribution is 2.33. The lowest BCUT2D eigenvalue weighted by molar-refractivity contribution is -0.136. The van der Waals surface area contributed by atoms with Crippen molar-refractivity contribution >= 4 is 12.0 Å². The second kappa shape index (κ2) is 6.97. The van der Waals surface area contributed by atoms with Crippen LogP contribution >= 0.6 is 0 Å². The lowest BCUT2D eigenvalue weighted by Gasteiger charge is -2.25. The molecule has 1 aromatic carbocycles. The molecule has 2 amide bonds. The Balaban J connectivity index is 2.02. The summed E-state index contributed by atoms with van der Waals surface area (Å²) in [6, 6.07) is 7.51. The van der Waals surface area contributed by atoms with Gasteiger partial charge in [0.05, 0.1) is 19.6 Å². The van der Waals surface area contributed by atoms with E-state index in [9.17, 15) is 9.59 Å². The first-order valence-electron chi connectivity index (χ1n) is 7.02. The van der Waals surface area contributed by atoms with E-state index in [1.54, 1.807) is 12.0 Å². The van der Waals surface area contributed by atoms with Crippen molar-refractivity contribution in [2.24, 2.45) is 0 Å². The van der Waals surface area contributed by atoms with E-state index in [0.29, 0.717) is 6.54 Å². The van der Waals surface area contributed by atoms with Crippen molar-refractivity contribution in [3.8, 4) is 5.75 Å². The molecule has 1 aliphatic heterocycles. The van der Waals surface area contributed by atoms with Crippen LogP contribution in [0.3, 0.4) is 0 Å². The molecule has 0 bridgehead atoms. The van der Waals surface area contributed by atoms with Crippen LogP contribution in [0.1, 0.15) is 30.9 Å². The largest absolute Gasteiger partial charge is 0.497 e. The third-order valence-electron chi connectivity index (χ3n) is 3.61. The minimum atomic E-state index is -0.916. The first-order chi connectivity index (χ1) is 10.1. The number of hydrogen-bond acceptors (Lipinski definition) is 3. The number of nitrogens with one attached hydrogen (secondary N) is 1. The zero-order chi connectivity index (χ0) is 15.2. The van der Waals surface area contributed by atoms with Gasteiger partial charge in [-0.25, -0.2) is 4.79 Å². The van der Waals surface area contributed by atoms with Crippen molar-refractivity contribution in [2.45, 2.75) is 25.3 Å². The fourth-order valence-corrected chi connectivity index (χ4v) is 2.58. The number of urea groups is 1. The van der Waals surface area contributed by atoms with Crippen LogP contribution in [0.4, 0.5) is 4.79 Å². The van der Waals surface area contributed by atoms with E-state index in [-0.39, 0.29) is 25.0 Å². The van der Waals surface area contributed by atoms with Crippen LogP contribution in [0.5, 0.6) is 5.75 Å². The number of carboxylic acids is 1. The second-order valence-corrected chi connectivity index (χ2v) is 5.00. The minimum Gasteiger partial charge on any atom is -0.497 e. The van der Waals surface area contributed by atoms with Gasteiger partial charge in [0.25, 0.3) is 0 Å². The Morgan fingerprint density at radius 3 is 3.00 bits per heavy atom. The monoisotopic (exact) mass is 292 g/mol. The predicted octanol–water partition coefficient (Wildman–Crippen LogP) is 2.02. The Labute approximate surface area is 123 Å². The van der Waals surface area contributed by atoms with E-state index in [0.717, 1.165) is 24.2 Å².